The number of anilines is 1. The van der Waals surface area contributed by atoms with Gasteiger partial charge in [-0.1, -0.05) is 22.0 Å². The fourth-order valence-corrected chi connectivity index (χ4v) is 2.98. The topological polar surface area (TPSA) is 68.3 Å². The summed E-state index contributed by atoms with van der Waals surface area (Å²) in [5, 5.41) is 0. The van der Waals surface area contributed by atoms with E-state index in [1.807, 2.05) is 0 Å². The van der Waals surface area contributed by atoms with E-state index in [1.165, 1.54) is 19.4 Å². The maximum Gasteiger partial charge on any atom is 0.266 e. The molecule has 0 aliphatic carbocycles. The standard InChI is InChI=1S/C12H11BrN2O3S/c1-18-10-8-9(13)5-6-11(10)19(16,17)15-12-4-2-3-7-14-12/h2-8H,1H3,(H,14,15). The summed E-state index contributed by atoms with van der Waals surface area (Å²) in [7, 11) is -2.31. The van der Waals surface area contributed by atoms with Crippen LogP contribution in [0.2, 0.25) is 0 Å². The van der Waals surface area contributed by atoms with E-state index < -0.39 is 10.0 Å². The van der Waals surface area contributed by atoms with E-state index in [1.54, 1.807) is 30.3 Å². The van der Waals surface area contributed by atoms with Crippen molar-refractivity contribution in [2.45, 2.75) is 4.90 Å². The van der Waals surface area contributed by atoms with Crippen molar-refractivity contribution in [1.82, 2.24) is 4.98 Å². The molecule has 5 nitrogen and oxygen atoms in total. The lowest BCUT2D eigenvalue weighted by atomic mass is 10.3. The fourth-order valence-electron chi connectivity index (χ4n) is 1.48. The third-order valence-corrected chi connectivity index (χ3v) is 4.21. The molecule has 1 aromatic carbocycles. The van der Waals surface area contributed by atoms with E-state index in [-0.39, 0.29) is 16.5 Å². The fraction of sp³-hybridized carbons (Fsp3) is 0.0833. The smallest absolute Gasteiger partial charge is 0.266 e. The summed E-state index contributed by atoms with van der Waals surface area (Å²) >= 11 is 3.26. The van der Waals surface area contributed by atoms with Crippen molar-refractivity contribution in [2.75, 3.05) is 11.8 Å². The molecule has 0 fully saturated rings. The number of halogens is 1. The zero-order chi connectivity index (χ0) is 13.9. The van der Waals surface area contributed by atoms with Crippen LogP contribution in [-0.4, -0.2) is 20.5 Å². The minimum Gasteiger partial charge on any atom is -0.495 e. The molecule has 0 unspecified atom stereocenters. The number of nitrogens with one attached hydrogen (secondary N) is 1. The summed E-state index contributed by atoms with van der Waals surface area (Å²) in [5.41, 5.74) is 0. The van der Waals surface area contributed by atoms with Crippen molar-refractivity contribution < 1.29 is 13.2 Å². The van der Waals surface area contributed by atoms with Crippen LogP contribution in [0.25, 0.3) is 0 Å². The van der Waals surface area contributed by atoms with Crippen LogP contribution in [0, 0.1) is 0 Å². The van der Waals surface area contributed by atoms with Crippen LogP contribution in [0.1, 0.15) is 0 Å². The van der Waals surface area contributed by atoms with Gasteiger partial charge in [-0.15, -0.1) is 0 Å². The van der Waals surface area contributed by atoms with Crippen molar-refractivity contribution in [3.8, 4) is 5.75 Å². The molecule has 0 spiro atoms. The maximum absolute atomic E-state index is 12.2. The number of rotatable bonds is 4. The molecule has 1 aromatic heterocycles. The van der Waals surface area contributed by atoms with Crippen molar-refractivity contribution in [2.24, 2.45) is 0 Å². The molecular weight excluding hydrogens is 332 g/mol. The van der Waals surface area contributed by atoms with Crippen LogP contribution in [0.3, 0.4) is 0 Å². The Balaban J connectivity index is 2.40. The Labute approximate surface area is 119 Å². The predicted octanol–water partition coefficient (Wildman–Crippen LogP) is 2.65. The van der Waals surface area contributed by atoms with Gasteiger partial charge in [0.05, 0.1) is 7.11 Å². The van der Waals surface area contributed by atoms with Gasteiger partial charge in [0.1, 0.15) is 16.5 Å². The molecule has 0 saturated heterocycles. The third-order valence-electron chi connectivity index (χ3n) is 2.32. The highest BCUT2D eigenvalue weighted by Gasteiger charge is 2.20. The summed E-state index contributed by atoms with van der Waals surface area (Å²) in [6.45, 7) is 0. The van der Waals surface area contributed by atoms with E-state index >= 15 is 0 Å². The molecule has 0 bridgehead atoms. The second-order valence-electron chi connectivity index (χ2n) is 3.62. The Hall–Kier alpha value is -1.60. The Morgan fingerprint density at radius 3 is 2.68 bits per heavy atom. The molecule has 0 aliphatic rings. The lowest BCUT2D eigenvalue weighted by Gasteiger charge is -2.11. The van der Waals surface area contributed by atoms with Crippen molar-refractivity contribution in [3.63, 3.8) is 0 Å². The van der Waals surface area contributed by atoms with Crippen LogP contribution in [0.15, 0.2) is 52.0 Å². The molecule has 0 amide bonds. The van der Waals surface area contributed by atoms with Crippen LogP contribution in [-0.2, 0) is 10.0 Å². The molecule has 2 rings (SSSR count). The van der Waals surface area contributed by atoms with Crippen LogP contribution < -0.4 is 9.46 Å². The minimum absolute atomic E-state index is 0.0591. The van der Waals surface area contributed by atoms with Crippen molar-refractivity contribution in [1.29, 1.82) is 0 Å². The molecule has 0 atom stereocenters. The van der Waals surface area contributed by atoms with Crippen LogP contribution >= 0.6 is 15.9 Å². The molecule has 7 heteroatoms. The van der Waals surface area contributed by atoms with E-state index in [2.05, 4.69) is 25.6 Å². The molecule has 0 radical (unpaired) electrons. The number of pyridine rings is 1. The van der Waals surface area contributed by atoms with E-state index in [0.717, 1.165) is 4.47 Å². The zero-order valence-electron chi connectivity index (χ0n) is 10.00. The molecule has 100 valence electrons. The monoisotopic (exact) mass is 342 g/mol. The van der Waals surface area contributed by atoms with Crippen LogP contribution in [0.4, 0.5) is 5.82 Å². The number of sulfonamides is 1. The van der Waals surface area contributed by atoms with Gasteiger partial charge < -0.3 is 4.74 Å². The first-order valence-electron chi connectivity index (χ1n) is 5.30. The van der Waals surface area contributed by atoms with Gasteiger partial charge in [0.25, 0.3) is 10.0 Å². The Morgan fingerprint density at radius 1 is 1.26 bits per heavy atom. The van der Waals surface area contributed by atoms with Gasteiger partial charge in [-0.25, -0.2) is 13.4 Å². The highest BCUT2D eigenvalue weighted by atomic mass is 79.9. The molecule has 0 saturated carbocycles. The first-order chi connectivity index (χ1) is 9.03. The van der Waals surface area contributed by atoms with Crippen molar-refractivity contribution >= 4 is 31.8 Å². The predicted molar refractivity (Wildman–Crippen MR) is 75.7 cm³/mol. The summed E-state index contributed by atoms with van der Waals surface area (Å²) in [6.07, 6.45) is 1.51. The quantitative estimate of drug-likeness (QED) is 0.927. The summed E-state index contributed by atoms with van der Waals surface area (Å²) in [4.78, 5) is 3.98. The first-order valence-corrected chi connectivity index (χ1v) is 7.58. The Morgan fingerprint density at radius 2 is 2.05 bits per heavy atom. The minimum atomic E-state index is -3.73. The lowest BCUT2D eigenvalue weighted by molar-refractivity contribution is 0.402. The highest BCUT2D eigenvalue weighted by Crippen LogP contribution is 2.28. The van der Waals surface area contributed by atoms with Crippen LogP contribution in [0.5, 0.6) is 5.75 Å². The Bertz CT molecular complexity index is 675. The van der Waals surface area contributed by atoms with Gasteiger partial charge in [0.2, 0.25) is 0 Å². The van der Waals surface area contributed by atoms with E-state index in [0.29, 0.717) is 0 Å². The SMILES string of the molecule is COc1cc(Br)ccc1S(=O)(=O)Nc1ccccn1. The molecule has 2 aromatic rings. The zero-order valence-corrected chi connectivity index (χ0v) is 12.4. The highest BCUT2D eigenvalue weighted by molar-refractivity contribution is 9.10. The van der Waals surface area contributed by atoms with E-state index in [4.69, 9.17) is 4.74 Å². The second-order valence-corrected chi connectivity index (χ2v) is 6.18. The Kier molecular flexibility index (Phi) is 4.06. The van der Waals surface area contributed by atoms with Gasteiger partial charge in [-0.3, -0.25) is 4.72 Å². The van der Waals surface area contributed by atoms with Gasteiger partial charge in [0.15, 0.2) is 0 Å². The summed E-state index contributed by atoms with van der Waals surface area (Å²) in [6, 6.07) is 9.67. The van der Waals surface area contributed by atoms with Gasteiger partial charge in [-0.05, 0) is 30.3 Å². The summed E-state index contributed by atoms with van der Waals surface area (Å²) in [5.74, 6) is 0.519. The maximum atomic E-state index is 12.2. The number of aromatic nitrogens is 1. The number of ether oxygens (including phenoxy) is 1. The second kappa shape index (κ2) is 5.58. The molecular formula is C12H11BrN2O3S. The average molecular weight is 343 g/mol. The number of methoxy groups -OCH3 is 1. The molecule has 1 N–H and O–H groups in total. The summed E-state index contributed by atoms with van der Waals surface area (Å²) < 4.78 is 32.7. The number of benzene rings is 1. The third kappa shape index (κ3) is 3.24. The molecule has 19 heavy (non-hydrogen) atoms. The van der Waals surface area contributed by atoms with Gasteiger partial charge in [-0.2, -0.15) is 0 Å². The normalized spacial score (nSPS) is 11.1. The molecule has 1 heterocycles. The van der Waals surface area contributed by atoms with Gasteiger partial charge >= 0.3 is 0 Å². The number of nitrogens with zero attached hydrogens (tertiary/aromatic N) is 1. The first kappa shape index (κ1) is 13.8. The van der Waals surface area contributed by atoms with Gasteiger partial charge in [0, 0.05) is 10.7 Å². The van der Waals surface area contributed by atoms with E-state index in [9.17, 15) is 8.42 Å². The molecule has 0 aliphatic heterocycles. The number of hydrogen-bond donors (Lipinski definition) is 1. The van der Waals surface area contributed by atoms with Crippen molar-refractivity contribution in [3.05, 3.63) is 47.1 Å². The number of hydrogen-bond acceptors (Lipinski definition) is 4. The lowest BCUT2D eigenvalue weighted by Crippen LogP contribution is -2.14. The largest absolute Gasteiger partial charge is 0.495 e. The average Bonchev–Trinajstić information content (AvgIpc) is 2.38.